The second kappa shape index (κ2) is 26.3. The van der Waals surface area contributed by atoms with Crippen molar-refractivity contribution >= 4 is 72.4 Å². The van der Waals surface area contributed by atoms with Gasteiger partial charge in [0.25, 0.3) is 0 Å². The van der Waals surface area contributed by atoms with Crippen LogP contribution in [0.3, 0.4) is 0 Å². The fourth-order valence-corrected chi connectivity index (χ4v) is 19.1. The number of aromatic nitrogens is 5. The third-order valence-corrected chi connectivity index (χ3v) is 24.7. The van der Waals surface area contributed by atoms with Crippen LogP contribution in [0.25, 0.3) is 100 Å². The van der Waals surface area contributed by atoms with E-state index in [9.17, 15) is 10.5 Å². The van der Waals surface area contributed by atoms with E-state index in [1.54, 1.807) is 0 Å². The number of nitriles is 2. The van der Waals surface area contributed by atoms with Gasteiger partial charge in [0.2, 0.25) is 0 Å². The second-order valence-electron chi connectivity index (χ2n) is 30.8. The number of fused-ring (bicyclic) bond motifs is 6. The Hall–Kier alpha value is -11.6. The molecule has 15 aromatic rings. The maximum atomic E-state index is 11.5. The van der Waals surface area contributed by atoms with Crippen LogP contribution < -0.4 is 20.7 Å². The molecule has 0 amide bonds. The van der Waals surface area contributed by atoms with Crippen LogP contribution in [0.2, 0.25) is 0 Å². The van der Waals surface area contributed by atoms with E-state index in [0.29, 0.717) is 28.6 Å². The van der Waals surface area contributed by atoms with Crippen molar-refractivity contribution in [3.63, 3.8) is 0 Å². The van der Waals surface area contributed by atoms with Gasteiger partial charge in [0.1, 0.15) is 11.6 Å². The molecule has 0 unspecified atom stereocenters. The van der Waals surface area contributed by atoms with E-state index in [-0.39, 0.29) is 21.7 Å². The number of rotatable bonds is 10. The summed E-state index contributed by atoms with van der Waals surface area (Å²) in [6.45, 7) is 27.1. The van der Waals surface area contributed by atoms with Gasteiger partial charge in [-0.05, 0) is 149 Å². The van der Waals surface area contributed by atoms with Gasteiger partial charge in [-0.25, -0.2) is 15.0 Å². The van der Waals surface area contributed by atoms with Gasteiger partial charge >= 0.3 is 0 Å². The minimum Gasteiger partial charge on any atom is -0.308 e. The summed E-state index contributed by atoms with van der Waals surface area (Å²) in [7, 11) is -2.69. The van der Waals surface area contributed by atoms with Gasteiger partial charge in [-0.15, -0.1) is 0 Å². The topological polar surface area (TPSA) is 96.1 Å². The number of hydrogen-bond acceptors (Lipinski definition) is 5. The summed E-state index contributed by atoms with van der Waals surface area (Å²) in [4.78, 5) is 15.0. The molecule has 0 fully saturated rings. The Morgan fingerprint density at radius 2 is 0.584 bits per heavy atom. The molecule has 101 heavy (non-hydrogen) atoms. The van der Waals surface area contributed by atoms with E-state index in [2.05, 4.69) is 311 Å². The molecule has 0 spiro atoms. The minimum absolute atomic E-state index is 0.0445. The lowest BCUT2D eigenvalue weighted by molar-refractivity contribution is 0.590. The Balaban J connectivity index is 0.000000179. The summed E-state index contributed by atoms with van der Waals surface area (Å²) < 4.78 is 4.60. The SMILES string of the molecule is CC(C)(C)c1ccc2c(c1)c1cc(C(C)(C)C)ccc1n2-c1cc(-c2cccc(C#N)c2)cc(-n2c3ccc(C(C)(C)C)cc3c3cc(C(C)(C)C)ccc32)c1C#N.c1ccc(-c2nc(-c3ccccc3)nc(-c3cccc([Si](c4ccccc4)(c4ccccc4)c4ccccc4)c3)n2)cc1. The number of benzene rings is 12. The van der Waals surface area contributed by atoms with Gasteiger partial charge in [-0.1, -0.05) is 295 Å². The van der Waals surface area contributed by atoms with Crippen LogP contribution in [0.15, 0.2) is 285 Å². The highest BCUT2D eigenvalue weighted by atomic mass is 28.3. The van der Waals surface area contributed by atoms with Crippen LogP contribution in [-0.2, 0) is 21.7 Å². The van der Waals surface area contributed by atoms with Gasteiger partial charge in [-0.2, -0.15) is 10.5 Å². The molecule has 12 aromatic carbocycles. The van der Waals surface area contributed by atoms with E-state index >= 15 is 0 Å². The van der Waals surface area contributed by atoms with Crippen molar-refractivity contribution < 1.29 is 0 Å². The molecule has 8 heteroatoms. The normalized spacial score (nSPS) is 12.1. The lowest BCUT2D eigenvalue weighted by atomic mass is 9.85. The van der Waals surface area contributed by atoms with Gasteiger partial charge in [0.05, 0.1) is 45.1 Å². The number of hydrogen-bond donors (Lipinski definition) is 0. The highest BCUT2D eigenvalue weighted by Crippen LogP contribution is 2.44. The lowest BCUT2D eigenvalue weighted by Gasteiger charge is -2.34. The number of nitrogens with zero attached hydrogens (tertiary/aromatic N) is 7. The van der Waals surface area contributed by atoms with E-state index in [1.165, 1.54) is 43.0 Å². The lowest BCUT2D eigenvalue weighted by Crippen LogP contribution is -2.74. The smallest absolute Gasteiger partial charge is 0.179 e. The Morgan fingerprint density at radius 1 is 0.277 bits per heavy atom. The fraction of sp³-hybridized carbons (Fsp3) is 0.172. The second-order valence-corrected chi connectivity index (χ2v) is 34.6. The summed E-state index contributed by atoms with van der Waals surface area (Å²) >= 11 is 0. The molecule has 0 aliphatic heterocycles. The van der Waals surface area contributed by atoms with Crippen LogP contribution in [0.5, 0.6) is 0 Å². The van der Waals surface area contributed by atoms with Crippen molar-refractivity contribution in [2.24, 2.45) is 0 Å². The van der Waals surface area contributed by atoms with Crippen molar-refractivity contribution in [2.75, 3.05) is 0 Å². The molecule has 0 aliphatic carbocycles. The molecule has 0 atom stereocenters. The highest BCUT2D eigenvalue weighted by molar-refractivity contribution is 7.20. The van der Waals surface area contributed by atoms with Crippen molar-refractivity contribution in [1.82, 2.24) is 24.1 Å². The van der Waals surface area contributed by atoms with Gasteiger partial charge in [0, 0.05) is 38.2 Å². The zero-order valence-electron chi connectivity index (χ0n) is 59.8. The molecule has 0 saturated carbocycles. The quantitative estimate of drug-likeness (QED) is 0.100. The predicted molar refractivity (Wildman–Crippen MR) is 425 cm³/mol. The first kappa shape index (κ1) is 66.7. The maximum Gasteiger partial charge on any atom is 0.179 e. The van der Waals surface area contributed by atoms with Crippen LogP contribution in [-0.4, -0.2) is 32.2 Å². The summed E-state index contributed by atoms with van der Waals surface area (Å²) in [6.07, 6.45) is 0. The zero-order valence-corrected chi connectivity index (χ0v) is 60.8. The fourth-order valence-electron chi connectivity index (χ4n) is 14.3. The van der Waals surface area contributed by atoms with E-state index < -0.39 is 8.07 Å². The van der Waals surface area contributed by atoms with E-state index in [1.807, 2.05) is 78.9 Å². The van der Waals surface area contributed by atoms with Crippen LogP contribution >= 0.6 is 0 Å². The molecule has 3 heterocycles. The predicted octanol–water partition coefficient (Wildman–Crippen LogP) is 20.7. The first-order valence-corrected chi connectivity index (χ1v) is 36.9. The molecule has 7 nitrogen and oxygen atoms in total. The van der Waals surface area contributed by atoms with Crippen LogP contribution in [0.1, 0.15) is 116 Å². The Bertz CT molecular complexity index is 5220. The Kier molecular flexibility index (Phi) is 17.3. The van der Waals surface area contributed by atoms with E-state index in [0.717, 1.165) is 82.8 Å². The van der Waals surface area contributed by atoms with Crippen LogP contribution in [0, 0.1) is 22.7 Å². The molecule has 0 aliphatic rings. The molecule has 0 bridgehead atoms. The standard InChI is InChI=1S/C54H54N4.C39H29N3Si/c1-51(2,3)36-16-20-45-40(27-36)41-28-37(52(4,5)6)17-21-46(41)57(45)49-25-35(34-15-13-14-33(24-34)31-55)26-50(44(49)32-56)58-47-22-18-38(53(7,8)9)29-42(47)43-30-39(54(10,11)12)19-23-48(43)58;1-6-17-30(18-7-1)37-40-38(31-19-8-2-9-20-31)42-39(41-37)32-21-16-28-36(29-32)43(33-22-10-3-11-23-33,34-24-12-4-13-25-34)35-26-14-5-15-27-35/h13-30H,1-12H3;1-29H. The average Bonchev–Trinajstić information content (AvgIpc) is 1.63. The molecular weight excluding hydrogens is 1240 g/mol. The van der Waals surface area contributed by atoms with Gasteiger partial charge in [-0.3, -0.25) is 0 Å². The summed E-state index contributed by atoms with van der Waals surface area (Å²) in [5.74, 6) is 1.98. The summed E-state index contributed by atoms with van der Waals surface area (Å²) in [6, 6.07) is 106. The molecule has 494 valence electrons. The first-order valence-electron chi connectivity index (χ1n) is 34.9. The molecular formula is C93H83N7Si. The largest absolute Gasteiger partial charge is 0.308 e. The molecule has 3 aromatic heterocycles. The van der Waals surface area contributed by atoms with E-state index in [4.69, 9.17) is 15.0 Å². The van der Waals surface area contributed by atoms with Crippen molar-refractivity contribution in [3.05, 3.63) is 318 Å². The Labute approximate surface area is 595 Å². The first-order chi connectivity index (χ1) is 48.5. The third-order valence-electron chi connectivity index (χ3n) is 19.9. The molecule has 0 saturated heterocycles. The van der Waals surface area contributed by atoms with Gasteiger partial charge < -0.3 is 9.13 Å². The maximum absolute atomic E-state index is 11.5. The van der Waals surface area contributed by atoms with Crippen LogP contribution in [0.4, 0.5) is 0 Å². The zero-order chi connectivity index (χ0) is 70.6. The molecule has 0 N–H and O–H groups in total. The monoisotopic (exact) mass is 1330 g/mol. The average molecular weight is 1330 g/mol. The summed E-state index contributed by atoms with van der Waals surface area (Å²) in [5, 5.41) is 31.4. The highest BCUT2D eigenvalue weighted by Gasteiger charge is 2.42. The summed E-state index contributed by atoms with van der Waals surface area (Å²) in [5.41, 5.74) is 16.6. The van der Waals surface area contributed by atoms with Crippen molar-refractivity contribution in [3.8, 4) is 68.8 Å². The Morgan fingerprint density at radius 3 is 0.921 bits per heavy atom. The minimum atomic E-state index is -2.69. The van der Waals surface area contributed by atoms with Gasteiger partial charge in [0.15, 0.2) is 25.5 Å². The van der Waals surface area contributed by atoms with Crippen molar-refractivity contribution in [1.29, 1.82) is 10.5 Å². The molecule has 15 rings (SSSR count). The van der Waals surface area contributed by atoms with Crippen molar-refractivity contribution in [2.45, 2.75) is 105 Å². The molecule has 0 radical (unpaired) electrons. The third kappa shape index (κ3) is 12.7.